The van der Waals surface area contributed by atoms with Crippen LogP contribution in [-0.2, 0) is 4.74 Å². The molecule has 4 nitrogen and oxygen atoms in total. The molecule has 0 aliphatic heterocycles. The summed E-state index contributed by atoms with van der Waals surface area (Å²) in [6, 6.07) is 0. The number of esters is 1. The van der Waals surface area contributed by atoms with E-state index in [1.807, 2.05) is 60.7 Å². The van der Waals surface area contributed by atoms with Crippen LogP contribution >= 0.6 is 22.7 Å². The predicted molar refractivity (Wildman–Crippen MR) is 99.2 cm³/mol. The van der Waals surface area contributed by atoms with Crippen LogP contribution in [0.5, 0.6) is 0 Å². The summed E-state index contributed by atoms with van der Waals surface area (Å²) in [6.45, 7) is 13.6. The molecule has 0 fully saturated rings. The van der Waals surface area contributed by atoms with Gasteiger partial charge in [0.15, 0.2) is 15.7 Å². The fourth-order valence-corrected chi connectivity index (χ4v) is 3.56. The van der Waals surface area contributed by atoms with Gasteiger partial charge in [-0.05, 0) is 40.7 Å². The lowest BCUT2D eigenvalue weighted by Gasteiger charge is -2.06. The van der Waals surface area contributed by atoms with Crippen molar-refractivity contribution in [3.63, 3.8) is 0 Å². The summed E-state index contributed by atoms with van der Waals surface area (Å²) in [5.41, 5.74) is 1.48. The molecule has 0 bridgehead atoms. The largest absolute Gasteiger partial charge is 0.458 e. The van der Waals surface area contributed by atoms with Crippen molar-refractivity contribution in [2.24, 2.45) is 0 Å². The summed E-state index contributed by atoms with van der Waals surface area (Å²) >= 11 is 3.04. The molecule has 6 heteroatoms. The first-order valence-electron chi connectivity index (χ1n) is 7.66. The van der Waals surface area contributed by atoms with Crippen LogP contribution in [0.4, 0.5) is 0 Å². The van der Waals surface area contributed by atoms with Gasteiger partial charge in [0.2, 0.25) is 0 Å². The monoisotopic (exact) mass is 352 g/mol. The summed E-state index contributed by atoms with van der Waals surface area (Å²) in [6.07, 6.45) is 3.61. The van der Waals surface area contributed by atoms with E-state index in [-0.39, 0.29) is 12.1 Å². The highest BCUT2D eigenvalue weighted by Crippen LogP contribution is 2.32. The van der Waals surface area contributed by atoms with Crippen LogP contribution in [0.3, 0.4) is 0 Å². The van der Waals surface area contributed by atoms with Gasteiger partial charge >= 0.3 is 5.97 Å². The van der Waals surface area contributed by atoms with Crippen molar-refractivity contribution in [2.75, 3.05) is 0 Å². The van der Waals surface area contributed by atoms with Gasteiger partial charge in [-0.25, -0.2) is 14.8 Å². The Hall–Kier alpha value is -1.53. The van der Waals surface area contributed by atoms with Gasteiger partial charge in [-0.2, -0.15) is 0 Å². The number of aryl methyl sites for hydroxylation is 1. The lowest BCUT2D eigenvalue weighted by atomic mass is 10.2. The molecular formula is C17H24N2O2S2. The molecule has 2 aromatic rings. The highest BCUT2D eigenvalue weighted by Gasteiger charge is 2.21. The zero-order valence-electron chi connectivity index (χ0n) is 14.8. The number of hydrogen-bond donors (Lipinski definition) is 0. The molecule has 0 saturated heterocycles. The average molecular weight is 353 g/mol. The first kappa shape index (κ1) is 19.5. The lowest BCUT2D eigenvalue weighted by Crippen LogP contribution is -2.12. The normalized spacial score (nSPS) is 10.1. The Bertz CT molecular complexity index is 681. The van der Waals surface area contributed by atoms with Gasteiger partial charge in [0.05, 0.1) is 11.0 Å². The fraction of sp³-hybridized carbons (Fsp3) is 0.471. The van der Waals surface area contributed by atoms with Crippen LogP contribution in [0, 0.1) is 6.92 Å². The van der Waals surface area contributed by atoms with Gasteiger partial charge in [-0.1, -0.05) is 19.4 Å². The van der Waals surface area contributed by atoms with Crippen molar-refractivity contribution >= 4 is 34.7 Å². The molecule has 2 aromatic heterocycles. The second-order valence-corrected chi connectivity index (χ2v) is 7.45. The summed E-state index contributed by atoms with van der Waals surface area (Å²) in [7, 11) is 0. The Morgan fingerprint density at radius 3 is 2.35 bits per heavy atom. The number of hydrogen-bond acceptors (Lipinski definition) is 6. The zero-order valence-corrected chi connectivity index (χ0v) is 16.4. The molecule has 2 heterocycles. The van der Waals surface area contributed by atoms with Crippen molar-refractivity contribution < 1.29 is 9.53 Å². The molecule has 2 rings (SSSR count). The van der Waals surface area contributed by atoms with Crippen LogP contribution in [0.15, 0.2) is 11.8 Å². The van der Waals surface area contributed by atoms with Crippen LogP contribution in [0.1, 0.15) is 61.8 Å². The van der Waals surface area contributed by atoms with Gasteiger partial charge in [0, 0.05) is 11.1 Å². The molecule has 126 valence electrons. The van der Waals surface area contributed by atoms with Crippen molar-refractivity contribution in [3.8, 4) is 10.0 Å². The number of rotatable bonds is 4. The molecule has 0 N–H and O–H groups in total. The van der Waals surface area contributed by atoms with Gasteiger partial charge in [-0.3, -0.25) is 0 Å². The average Bonchev–Trinajstić information content (AvgIpc) is 3.06. The second-order valence-electron chi connectivity index (χ2n) is 5.18. The Kier molecular flexibility index (Phi) is 7.58. The first-order chi connectivity index (χ1) is 10.9. The maximum Gasteiger partial charge on any atom is 0.358 e. The summed E-state index contributed by atoms with van der Waals surface area (Å²) in [5.74, 6) is -0.381. The van der Waals surface area contributed by atoms with E-state index in [1.54, 1.807) is 11.3 Å². The summed E-state index contributed by atoms with van der Waals surface area (Å²) < 4.78 is 5.27. The SMILES string of the molecule is CC.CC(C)=Cc1sc(-c2ncc(C)s2)nc1C(=O)OC(C)C. The van der Waals surface area contributed by atoms with E-state index in [9.17, 15) is 4.79 Å². The quantitative estimate of drug-likeness (QED) is 0.673. The smallest absolute Gasteiger partial charge is 0.358 e. The molecule has 0 aliphatic rings. The summed E-state index contributed by atoms with van der Waals surface area (Å²) in [5, 5.41) is 1.60. The number of carbonyl (C=O) groups excluding carboxylic acids is 1. The minimum atomic E-state index is -0.381. The Morgan fingerprint density at radius 1 is 1.22 bits per heavy atom. The van der Waals surface area contributed by atoms with E-state index in [0.717, 1.165) is 25.3 Å². The standard InChI is InChI=1S/C15H18N2O2S2.C2H6/c1-8(2)6-11-12(15(18)19-9(3)4)17-14(21-11)13-16-7-10(5)20-13;1-2/h6-7,9H,1-5H3;1-2H3. The number of ether oxygens (including phenoxy) is 1. The lowest BCUT2D eigenvalue weighted by molar-refractivity contribution is 0.0371. The molecule has 0 aliphatic carbocycles. The number of nitrogens with zero attached hydrogens (tertiary/aromatic N) is 2. The fourth-order valence-electron chi connectivity index (χ4n) is 1.65. The predicted octanol–water partition coefficient (Wildman–Crippen LogP) is 5.59. The molecule has 0 aromatic carbocycles. The molecule has 0 amide bonds. The topological polar surface area (TPSA) is 52.1 Å². The van der Waals surface area contributed by atoms with E-state index in [2.05, 4.69) is 9.97 Å². The number of thiazole rings is 2. The minimum Gasteiger partial charge on any atom is -0.458 e. The number of aromatic nitrogens is 2. The van der Waals surface area contributed by atoms with Crippen LogP contribution in [0.25, 0.3) is 16.1 Å². The van der Waals surface area contributed by atoms with Crippen molar-refractivity contribution in [1.82, 2.24) is 9.97 Å². The van der Waals surface area contributed by atoms with Crippen LogP contribution < -0.4 is 0 Å². The first-order valence-corrected chi connectivity index (χ1v) is 9.29. The third kappa shape index (κ3) is 5.55. The van der Waals surface area contributed by atoms with Gasteiger partial charge in [0.25, 0.3) is 0 Å². The van der Waals surface area contributed by atoms with E-state index in [0.29, 0.717) is 5.69 Å². The molecule has 0 unspecified atom stereocenters. The third-order valence-corrected chi connectivity index (χ3v) is 4.47. The zero-order chi connectivity index (χ0) is 17.6. The highest BCUT2D eigenvalue weighted by molar-refractivity contribution is 7.22. The van der Waals surface area contributed by atoms with Crippen molar-refractivity contribution in [3.05, 3.63) is 27.2 Å². The summed E-state index contributed by atoms with van der Waals surface area (Å²) in [4.78, 5) is 22.9. The molecule has 0 spiro atoms. The third-order valence-electron chi connectivity index (χ3n) is 2.41. The maximum atomic E-state index is 12.2. The molecular weight excluding hydrogens is 328 g/mol. The Balaban J connectivity index is 0.00000127. The van der Waals surface area contributed by atoms with Gasteiger partial charge in [-0.15, -0.1) is 22.7 Å². The van der Waals surface area contributed by atoms with Gasteiger partial charge in [0.1, 0.15) is 0 Å². The van der Waals surface area contributed by atoms with E-state index in [1.165, 1.54) is 11.3 Å². The molecule has 0 saturated carbocycles. The number of allylic oxidation sites excluding steroid dienone is 1. The second kappa shape index (κ2) is 8.93. The van der Waals surface area contributed by atoms with Crippen molar-refractivity contribution in [1.29, 1.82) is 0 Å². The van der Waals surface area contributed by atoms with Gasteiger partial charge < -0.3 is 4.74 Å². The maximum absolute atomic E-state index is 12.2. The highest BCUT2D eigenvalue weighted by atomic mass is 32.1. The van der Waals surface area contributed by atoms with Crippen LogP contribution in [0.2, 0.25) is 0 Å². The molecule has 0 radical (unpaired) electrons. The minimum absolute atomic E-state index is 0.163. The molecule has 23 heavy (non-hydrogen) atoms. The van der Waals surface area contributed by atoms with E-state index >= 15 is 0 Å². The number of carbonyl (C=O) groups is 1. The van der Waals surface area contributed by atoms with E-state index < -0.39 is 0 Å². The van der Waals surface area contributed by atoms with E-state index in [4.69, 9.17) is 4.74 Å². The molecule has 0 atom stereocenters. The van der Waals surface area contributed by atoms with Crippen molar-refractivity contribution in [2.45, 2.75) is 54.6 Å². The Morgan fingerprint density at radius 2 is 1.87 bits per heavy atom. The van der Waals surface area contributed by atoms with Crippen LogP contribution in [-0.4, -0.2) is 22.0 Å². The Labute approximate surface area is 146 Å².